The Morgan fingerprint density at radius 2 is 2.10 bits per heavy atom. The molecule has 0 saturated carbocycles. The van der Waals surface area contributed by atoms with E-state index in [-0.39, 0.29) is 17.9 Å². The third-order valence-corrected chi connectivity index (χ3v) is 2.90. The number of aryl methyl sites for hydroxylation is 2. The fourth-order valence-corrected chi connectivity index (χ4v) is 1.85. The summed E-state index contributed by atoms with van der Waals surface area (Å²) >= 11 is 0. The maximum absolute atomic E-state index is 11.8. The predicted molar refractivity (Wildman–Crippen MR) is 79.5 cm³/mol. The van der Waals surface area contributed by atoms with E-state index in [0.717, 1.165) is 5.56 Å². The Morgan fingerprint density at radius 3 is 2.80 bits per heavy atom. The monoisotopic (exact) mass is 271 g/mol. The minimum atomic E-state index is -0.150. The molecule has 0 unspecified atom stereocenters. The van der Waals surface area contributed by atoms with E-state index >= 15 is 0 Å². The van der Waals surface area contributed by atoms with Crippen LogP contribution >= 0.6 is 0 Å². The first-order valence-corrected chi connectivity index (χ1v) is 6.37. The highest BCUT2D eigenvalue weighted by Gasteiger charge is 2.04. The highest BCUT2D eigenvalue weighted by molar-refractivity contribution is 5.91. The third kappa shape index (κ3) is 3.71. The van der Waals surface area contributed by atoms with Crippen LogP contribution < -0.4 is 16.6 Å². The molecule has 20 heavy (non-hydrogen) atoms. The van der Waals surface area contributed by atoms with Crippen LogP contribution in [0.3, 0.4) is 0 Å². The number of nitrogens with zero attached hydrogens (tertiary/aromatic N) is 1. The van der Waals surface area contributed by atoms with Gasteiger partial charge in [-0.25, -0.2) is 0 Å². The molecule has 1 amide bonds. The Hall–Kier alpha value is -2.56. The van der Waals surface area contributed by atoms with E-state index in [1.165, 1.54) is 4.57 Å². The minimum absolute atomic E-state index is 0.0956. The molecule has 104 valence electrons. The van der Waals surface area contributed by atoms with Crippen molar-refractivity contribution in [1.29, 1.82) is 0 Å². The van der Waals surface area contributed by atoms with Gasteiger partial charge in [0.05, 0.1) is 0 Å². The molecule has 3 N–H and O–H groups in total. The van der Waals surface area contributed by atoms with Gasteiger partial charge < -0.3 is 15.6 Å². The van der Waals surface area contributed by atoms with Gasteiger partial charge in [0, 0.05) is 36.6 Å². The zero-order valence-electron chi connectivity index (χ0n) is 11.3. The first-order valence-electron chi connectivity index (χ1n) is 6.37. The van der Waals surface area contributed by atoms with Crippen molar-refractivity contribution < 1.29 is 4.79 Å². The summed E-state index contributed by atoms with van der Waals surface area (Å²) in [5.74, 6) is -0.150. The van der Waals surface area contributed by atoms with Gasteiger partial charge in [0.15, 0.2) is 0 Å². The molecular weight excluding hydrogens is 254 g/mol. The molecule has 1 heterocycles. The van der Waals surface area contributed by atoms with Crippen LogP contribution in [-0.2, 0) is 11.3 Å². The molecule has 0 aliphatic rings. The van der Waals surface area contributed by atoms with Crippen molar-refractivity contribution in [2.45, 2.75) is 19.9 Å². The maximum atomic E-state index is 11.8. The predicted octanol–water partition coefficient (Wildman–Crippen LogP) is 1.77. The van der Waals surface area contributed by atoms with Gasteiger partial charge in [0.2, 0.25) is 5.91 Å². The standard InChI is InChI=1S/C15H17N3O2/c1-11-5-7-18(15(20)9-11)8-6-14(19)17-13-4-2-3-12(16)10-13/h2-5,7,9-10H,6,8,16H2,1H3,(H,17,19). The first-order chi connectivity index (χ1) is 9.54. The summed E-state index contributed by atoms with van der Waals surface area (Å²) in [6.07, 6.45) is 1.93. The second kappa shape index (κ2) is 6.06. The number of hydrogen-bond acceptors (Lipinski definition) is 3. The first kappa shape index (κ1) is 13.9. The topological polar surface area (TPSA) is 77.1 Å². The van der Waals surface area contributed by atoms with Gasteiger partial charge in [-0.05, 0) is 36.8 Å². The van der Waals surface area contributed by atoms with Crippen molar-refractivity contribution >= 4 is 17.3 Å². The molecule has 0 spiro atoms. The Balaban J connectivity index is 1.94. The smallest absolute Gasteiger partial charge is 0.250 e. The second-order valence-corrected chi connectivity index (χ2v) is 4.66. The molecule has 0 saturated heterocycles. The quantitative estimate of drug-likeness (QED) is 0.832. The molecular formula is C15H17N3O2. The summed E-state index contributed by atoms with van der Waals surface area (Å²) in [5, 5.41) is 2.75. The van der Waals surface area contributed by atoms with Crippen LogP contribution in [0.2, 0.25) is 0 Å². The Kier molecular flexibility index (Phi) is 4.20. The van der Waals surface area contributed by atoms with Crippen LogP contribution in [-0.4, -0.2) is 10.5 Å². The molecule has 0 aliphatic carbocycles. The van der Waals surface area contributed by atoms with E-state index in [1.54, 1.807) is 36.5 Å². The summed E-state index contributed by atoms with van der Waals surface area (Å²) in [4.78, 5) is 23.5. The number of nitrogen functional groups attached to an aromatic ring is 1. The average molecular weight is 271 g/mol. The molecule has 0 atom stereocenters. The molecule has 0 aliphatic heterocycles. The zero-order valence-corrected chi connectivity index (χ0v) is 11.3. The molecule has 0 radical (unpaired) electrons. The van der Waals surface area contributed by atoms with Gasteiger partial charge in [0.1, 0.15) is 0 Å². The van der Waals surface area contributed by atoms with E-state index in [4.69, 9.17) is 5.73 Å². The van der Waals surface area contributed by atoms with Crippen molar-refractivity contribution in [3.63, 3.8) is 0 Å². The lowest BCUT2D eigenvalue weighted by Crippen LogP contribution is -2.22. The van der Waals surface area contributed by atoms with Crippen LogP contribution in [0.1, 0.15) is 12.0 Å². The van der Waals surface area contributed by atoms with Crippen LogP contribution in [0.4, 0.5) is 11.4 Å². The van der Waals surface area contributed by atoms with E-state index in [2.05, 4.69) is 5.32 Å². The highest BCUT2D eigenvalue weighted by Crippen LogP contribution is 2.11. The van der Waals surface area contributed by atoms with Crippen molar-refractivity contribution in [3.05, 3.63) is 58.5 Å². The number of benzene rings is 1. The summed E-state index contributed by atoms with van der Waals surface area (Å²) in [7, 11) is 0. The number of aromatic nitrogens is 1. The Morgan fingerprint density at radius 1 is 1.30 bits per heavy atom. The van der Waals surface area contributed by atoms with Crippen molar-refractivity contribution in [3.8, 4) is 0 Å². The molecule has 0 bridgehead atoms. The number of nitrogens with one attached hydrogen (secondary N) is 1. The lowest BCUT2D eigenvalue weighted by atomic mass is 10.2. The molecule has 5 heteroatoms. The van der Waals surface area contributed by atoms with E-state index in [9.17, 15) is 9.59 Å². The van der Waals surface area contributed by atoms with Crippen molar-refractivity contribution in [2.24, 2.45) is 0 Å². The summed E-state index contributed by atoms with van der Waals surface area (Å²) in [6, 6.07) is 10.4. The zero-order chi connectivity index (χ0) is 14.5. The summed E-state index contributed by atoms with van der Waals surface area (Å²) in [6.45, 7) is 2.21. The largest absolute Gasteiger partial charge is 0.399 e. The minimum Gasteiger partial charge on any atom is -0.399 e. The Bertz CT molecular complexity index is 677. The number of anilines is 2. The molecule has 5 nitrogen and oxygen atoms in total. The molecule has 1 aromatic heterocycles. The number of nitrogens with two attached hydrogens (primary N) is 1. The van der Waals surface area contributed by atoms with Crippen molar-refractivity contribution in [2.75, 3.05) is 11.1 Å². The highest BCUT2D eigenvalue weighted by atomic mass is 16.1. The van der Waals surface area contributed by atoms with Gasteiger partial charge in [-0.15, -0.1) is 0 Å². The molecule has 0 fully saturated rings. The van der Waals surface area contributed by atoms with Crippen LogP contribution in [0, 0.1) is 6.92 Å². The number of rotatable bonds is 4. The number of carbonyl (C=O) groups excluding carboxylic acids is 1. The SMILES string of the molecule is Cc1ccn(CCC(=O)Nc2cccc(N)c2)c(=O)c1. The van der Waals surface area contributed by atoms with Crippen molar-refractivity contribution in [1.82, 2.24) is 4.57 Å². The number of carbonyl (C=O) groups is 1. The lowest BCUT2D eigenvalue weighted by molar-refractivity contribution is -0.116. The summed E-state index contributed by atoms with van der Waals surface area (Å²) < 4.78 is 1.52. The van der Waals surface area contributed by atoms with Gasteiger partial charge in [-0.3, -0.25) is 9.59 Å². The molecule has 2 aromatic rings. The fraction of sp³-hybridized carbons (Fsp3) is 0.200. The molecule has 2 rings (SSSR count). The maximum Gasteiger partial charge on any atom is 0.250 e. The van der Waals surface area contributed by atoms with Gasteiger partial charge >= 0.3 is 0 Å². The van der Waals surface area contributed by atoms with Gasteiger partial charge in [-0.2, -0.15) is 0 Å². The fourth-order valence-electron chi connectivity index (χ4n) is 1.85. The van der Waals surface area contributed by atoms with E-state index < -0.39 is 0 Å². The summed E-state index contributed by atoms with van der Waals surface area (Å²) in [5.41, 5.74) is 7.71. The normalized spacial score (nSPS) is 10.2. The van der Waals surface area contributed by atoms with Gasteiger partial charge in [0.25, 0.3) is 5.56 Å². The van der Waals surface area contributed by atoms with Crippen LogP contribution in [0.5, 0.6) is 0 Å². The number of amides is 1. The van der Waals surface area contributed by atoms with Crippen LogP contribution in [0.25, 0.3) is 0 Å². The third-order valence-electron chi connectivity index (χ3n) is 2.90. The number of hydrogen-bond donors (Lipinski definition) is 2. The van der Waals surface area contributed by atoms with Gasteiger partial charge in [-0.1, -0.05) is 6.07 Å². The lowest BCUT2D eigenvalue weighted by Gasteiger charge is -2.07. The second-order valence-electron chi connectivity index (χ2n) is 4.66. The average Bonchev–Trinajstić information content (AvgIpc) is 2.37. The van der Waals surface area contributed by atoms with E-state index in [0.29, 0.717) is 17.9 Å². The number of pyridine rings is 1. The molecule has 1 aromatic carbocycles. The van der Waals surface area contributed by atoms with Crippen LogP contribution in [0.15, 0.2) is 47.4 Å². The Labute approximate surface area is 117 Å². The van der Waals surface area contributed by atoms with E-state index in [1.807, 2.05) is 13.0 Å².